The Morgan fingerprint density at radius 2 is 1.56 bits per heavy atom. The number of aliphatic carboxylic acids is 1. The maximum Gasteiger partial charge on any atom is 0.326 e. The summed E-state index contributed by atoms with van der Waals surface area (Å²) in [7, 11) is 0. The lowest BCUT2D eigenvalue weighted by molar-refractivity contribution is -0.142. The second-order valence-corrected chi connectivity index (χ2v) is 6.30. The summed E-state index contributed by atoms with van der Waals surface area (Å²) in [6, 6.07) is -3.19. The van der Waals surface area contributed by atoms with Crippen molar-refractivity contribution in [1.29, 1.82) is 0 Å². The van der Waals surface area contributed by atoms with Crippen LogP contribution in [0.5, 0.6) is 0 Å². The third-order valence-electron chi connectivity index (χ3n) is 3.34. The van der Waals surface area contributed by atoms with Crippen LogP contribution in [0.15, 0.2) is 0 Å². The van der Waals surface area contributed by atoms with E-state index >= 15 is 0 Å². The van der Waals surface area contributed by atoms with Gasteiger partial charge >= 0.3 is 5.97 Å². The third kappa shape index (κ3) is 9.01. The van der Waals surface area contributed by atoms with Gasteiger partial charge in [-0.1, -0.05) is 13.8 Å². The van der Waals surface area contributed by atoms with Gasteiger partial charge in [0.1, 0.15) is 18.1 Å². The summed E-state index contributed by atoms with van der Waals surface area (Å²) < 4.78 is 0. The Kier molecular flexibility index (Phi) is 9.69. The lowest BCUT2D eigenvalue weighted by Crippen LogP contribution is -2.53. The van der Waals surface area contributed by atoms with Gasteiger partial charge in [-0.25, -0.2) is 4.79 Å². The van der Waals surface area contributed by atoms with Crippen molar-refractivity contribution in [2.24, 2.45) is 11.7 Å². The second-order valence-electron chi connectivity index (χ2n) is 6.30. The van der Waals surface area contributed by atoms with E-state index in [0.29, 0.717) is 0 Å². The van der Waals surface area contributed by atoms with E-state index in [1.165, 1.54) is 13.8 Å². The number of nitrogens with one attached hydrogen (secondary N) is 3. The summed E-state index contributed by atoms with van der Waals surface area (Å²) >= 11 is 0. The van der Waals surface area contributed by atoms with E-state index in [1.54, 1.807) is 0 Å². The maximum absolute atomic E-state index is 12.0. The molecule has 25 heavy (non-hydrogen) atoms. The highest BCUT2D eigenvalue weighted by Crippen LogP contribution is 2.05. The topological polar surface area (TPSA) is 171 Å². The Labute approximate surface area is 146 Å². The maximum atomic E-state index is 12.0. The highest BCUT2D eigenvalue weighted by Gasteiger charge is 2.25. The smallest absolute Gasteiger partial charge is 0.326 e. The molecule has 0 aliphatic heterocycles. The molecule has 0 aromatic carbocycles. The van der Waals surface area contributed by atoms with E-state index in [9.17, 15) is 24.3 Å². The van der Waals surface area contributed by atoms with Crippen molar-refractivity contribution in [2.45, 2.75) is 58.3 Å². The van der Waals surface area contributed by atoms with Gasteiger partial charge in [0.15, 0.2) is 0 Å². The minimum Gasteiger partial charge on any atom is -0.480 e. The van der Waals surface area contributed by atoms with Gasteiger partial charge in [0.25, 0.3) is 0 Å². The molecule has 0 rings (SSSR count). The fourth-order valence-corrected chi connectivity index (χ4v) is 1.85. The van der Waals surface area contributed by atoms with Crippen LogP contribution < -0.4 is 21.7 Å². The molecule has 0 aliphatic carbocycles. The van der Waals surface area contributed by atoms with E-state index in [-0.39, 0.29) is 12.3 Å². The molecule has 0 spiro atoms. The van der Waals surface area contributed by atoms with Gasteiger partial charge in [-0.2, -0.15) is 0 Å². The summed E-state index contributed by atoms with van der Waals surface area (Å²) in [5.74, 6) is -3.08. The molecule has 144 valence electrons. The fourth-order valence-electron chi connectivity index (χ4n) is 1.85. The zero-order valence-corrected chi connectivity index (χ0v) is 14.9. The minimum atomic E-state index is -1.17. The molecule has 10 heteroatoms. The van der Waals surface area contributed by atoms with Gasteiger partial charge in [0.05, 0.1) is 12.6 Å². The molecule has 0 saturated heterocycles. The van der Waals surface area contributed by atoms with Crippen LogP contribution in [0.2, 0.25) is 0 Å². The molecular formula is C15H28N4O6. The molecule has 0 radical (unpaired) electrons. The highest BCUT2D eigenvalue weighted by atomic mass is 16.4. The first-order chi connectivity index (χ1) is 11.5. The largest absolute Gasteiger partial charge is 0.480 e. The van der Waals surface area contributed by atoms with E-state index in [2.05, 4.69) is 16.0 Å². The molecule has 4 atom stereocenters. The Morgan fingerprint density at radius 1 is 1.00 bits per heavy atom. The lowest BCUT2D eigenvalue weighted by atomic mass is 10.0. The average Bonchev–Trinajstić information content (AvgIpc) is 2.50. The SMILES string of the molecule is CC(C)CC(NC(=O)C(C)NC(=O)CNC(=O)C(N)C(C)O)C(=O)O. The number of rotatable bonds is 10. The number of aliphatic hydroxyl groups excluding tert-OH is 1. The van der Waals surface area contributed by atoms with Gasteiger partial charge < -0.3 is 31.9 Å². The Hall–Kier alpha value is -2.20. The van der Waals surface area contributed by atoms with Gasteiger partial charge in [0.2, 0.25) is 17.7 Å². The summed E-state index contributed by atoms with van der Waals surface area (Å²) in [4.78, 5) is 46.3. The first-order valence-electron chi connectivity index (χ1n) is 7.99. The fraction of sp³-hybridized carbons (Fsp3) is 0.733. The Morgan fingerprint density at radius 3 is 2.00 bits per heavy atom. The van der Waals surface area contributed by atoms with Crippen molar-refractivity contribution in [3.63, 3.8) is 0 Å². The van der Waals surface area contributed by atoms with E-state index in [0.717, 1.165) is 0 Å². The third-order valence-corrected chi connectivity index (χ3v) is 3.34. The van der Waals surface area contributed by atoms with Crippen LogP contribution in [0.25, 0.3) is 0 Å². The molecule has 0 heterocycles. The number of hydrogen-bond donors (Lipinski definition) is 6. The predicted molar refractivity (Wildman–Crippen MR) is 89.3 cm³/mol. The predicted octanol–water partition coefficient (Wildman–Crippen LogP) is -2.07. The number of hydrogen-bond acceptors (Lipinski definition) is 6. The van der Waals surface area contributed by atoms with Crippen LogP contribution in [0.1, 0.15) is 34.1 Å². The normalized spacial score (nSPS) is 15.6. The van der Waals surface area contributed by atoms with Crippen molar-refractivity contribution in [2.75, 3.05) is 6.54 Å². The molecule has 7 N–H and O–H groups in total. The molecule has 0 aromatic heterocycles. The molecule has 0 aromatic rings. The van der Waals surface area contributed by atoms with Crippen LogP contribution in [0.4, 0.5) is 0 Å². The molecule has 10 nitrogen and oxygen atoms in total. The zero-order chi connectivity index (χ0) is 19.7. The second kappa shape index (κ2) is 10.6. The Bertz CT molecular complexity index is 494. The van der Waals surface area contributed by atoms with Crippen LogP contribution in [0, 0.1) is 5.92 Å². The van der Waals surface area contributed by atoms with Crippen molar-refractivity contribution in [3.05, 3.63) is 0 Å². The van der Waals surface area contributed by atoms with Gasteiger partial charge in [0, 0.05) is 0 Å². The molecule has 0 bridgehead atoms. The van der Waals surface area contributed by atoms with Crippen molar-refractivity contribution in [1.82, 2.24) is 16.0 Å². The van der Waals surface area contributed by atoms with Crippen LogP contribution >= 0.6 is 0 Å². The number of amides is 3. The number of carbonyl (C=O) groups excluding carboxylic acids is 3. The van der Waals surface area contributed by atoms with E-state index in [1.807, 2.05) is 13.8 Å². The van der Waals surface area contributed by atoms with Gasteiger partial charge in [-0.05, 0) is 26.2 Å². The minimum absolute atomic E-state index is 0.0691. The number of aliphatic hydroxyl groups is 1. The summed E-state index contributed by atoms with van der Waals surface area (Å²) in [6.07, 6.45) is -0.809. The van der Waals surface area contributed by atoms with Crippen LogP contribution in [0.3, 0.4) is 0 Å². The van der Waals surface area contributed by atoms with Crippen molar-refractivity contribution in [3.8, 4) is 0 Å². The molecule has 0 fully saturated rings. The number of carboxylic acid groups (broad SMARTS) is 1. The Balaban J connectivity index is 4.44. The van der Waals surface area contributed by atoms with Crippen molar-refractivity contribution < 1.29 is 29.4 Å². The molecular weight excluding hydrogens is 332 g/mol. The first kappa shape index (κ1) is 22.8. The molecule has 0 saturated carbocycles. The van der Waals surface area contributed by atoms with E-state index < -0.39 is 54.5 Å². The first-order valence-corrected chi connectivity index (χ1v) is 7.99. The zero-order valence-electron chi connectivity index (χ0n) is 14.9. The van der Waals surface area contributed by atoms with E-state index in [4.69, 9.17) is 10.8 Å². The lowest BCUT2D eigenvalue weighted by Gasteiger charge is -2.20. The van der Waals surface area contributed by atoms with Gasteiger partial charge in [-0.15, -0.1) is 0 Å². The number of carbonyl (C=O) groups is 4. The quantitative estimate of drug-likeness (QED) is 0.260. The van der Waals surface area contributed by atoms with Crippen LogP contribution in [-0.4, -0.2) is 64.7 Å². The number of nitrogens with two attached hydrogens (primary N) is 1. The highest BCUT2D eigenvalue weighted by molar-refractivity contribution is 5.92. The van der Waals surface area contributed by atoms with Crippen LogP contribution in [-0.2, 0) is 19.2 Å². The number of carboxylic acids is 1. The summed E-state index contributed by atoms with van der Waals surface area (Å²) in [5, 5.41) is 25.2. The standard InChI is InChI=1S/C15H28N4O6/c1-7(2)5-10(15(24)25)19-13(22)8(3)18-11(21)6-17-14(23)12(16)9(4)20/h7-10,12,20H,5-6,16H2,1-4H3,(H,17,23)(H,18,21)(H,19,22)(H,24,25). The van der Waals surface area contributed by atoms with Crippen molar-refractivity contribution >= 4 is 23.7 Å². The average molecular weight is 360 g/mol. The molecule has 3 amide bonds. The summed E-state index contributed by atoms with van der Waals surface area (Å²) in [5.41, 5.74) is 5.41. The molecule has 4 unspecified atom stereocenters. The van der Waals surface area contributed by atoms with Gasteiger partial charge in [-0.3, -0.25) is 14.4 Å². The summed E-state index contributed by atoms with van der Waals surface area (Å²) in [6.45, 7) is 5.96. The monoisotopic (exact) mass is 360 g/mol. The molecule has 0 aliphatic rings.